The first-order chi connectivity index (χ1) is 22.5. The first kappa shape index (κ1) is 32.1. The number of nitrogens with zero attached hydrogens (tertiary/aromatic N) is 5. The maximum atomic E-state index is 13.8. The summed E-state index contributed by atoms with van der Waals surface area (Å²) in [4.78, 5) is 48.0. The molecule has 4 aromatic rings. The van der Waals surface area contributed by atoms with E-state index in [1.807, 2.05) is 24.3 Å². The number of hydrogen-bond donors (Lipinski definition) is 2. The number of nitrogens with two attached hydrogens (primary N) is 1. The summed E-state index contributed by atoms with van der Waals surface area (Å²) in [6, 6.07) is 18.2. The van der Waals surface area contributed by atoms with E-state index in [2.05, 4.69) is 31.8 Å². The molecule has 0 bridgehead atoms. The number of aliphatic hydroxyl groups excluding tert-OH is 1. The second kappa shape index (κ2) is 12.7. The molecule has 2 amide bonds. The number of aliphatic hydroxyl groups is 1. The van der Waals surface area contributed by atoms with Gasteiger partial charge in [0.15, 0.2) is 0 Å². The number of anilines is 3. The molecule has 11 nitrogen and oxygen atoms in total. The molecule has 0 radical (unpaired) electrons. The molecular weight excluding hydrogens is 596 g/mol. The van der Waals surface area contributed by atoms with Crippen LogP contribution in [0, 0.1) is 0 Å². The summed E-state index contributed by atoms with van der Waals surface area (Å²) < 4.78 is 6.73. The van der Waals surface area contributed by atoms with E-state index in [4.69, 9.17) is 10.6 Å². The van der Waals surface area contributed by atoms with Gasteiger partial charge in [0.1, 0.15) is 0 Å². The molecule has 3 heterocycles. The second-order valence-corrected chi connectivity index (χ2v) is 13.0. The summed E-state index contributed by atoms with van der Waals surface area (Å²) >= 11 is 0. The third-order valence-corrected chi connectivity index (χ3v) is 8.90. The first-order valence-corrected chi connectivity index (χ1v) is 15.8. The van der Waals surface area contributed by atoms with Crippen molar-refractivity contribution >= 4 is 29.0 Å². The molecule has 1 aromatic heterocycles. The average Bonchev–Trinajstić information content (AvgIpc) is 3.08. The van der Waals surface area contributed by atoms with Gasteiger partial charge in [-0.3, -0.25) is 19.4 Å². The van der Waals surface area contributed by atoms with Crippen LogP contribution in [0.5, 0.6) is 0 Å². The van der Waals surface area contributed by atoms with Gasteiger partial charge in [0.05, 0.1) is 36.9 Å². The highest BCUT2D eigenvalue weighted by Gasteiger charge is 2.29. The number of fused-ring (bicyclic) bond motifs is 1. The number of rotatable bonds is 6. The fraction of sp³-hybridized carbons (Fsp3) is 0.333. The lowest BCUT2D eigenvalue weighted by Crippen LogP contribution is -2.40. The number of benzene rings is 3. The maximum absolute atomic E-state index is 13.8. The van der Waals surface area contributed by atoms with E-state index < -0.39 is 5.56 Å². The van der Waals surface area contributed by atoms with Gasteiger partial charge >= 0.3 is 0 Å². The van der Waals surface area contributed by atoms with Crippen molar-refractivity contribution in [3.05, 3.63) is 105 Å². The number of aryl methyl sites for hydroxylation is 1. The number of hydrogen-bond acceptors (Lipinski definition) is 8. The van der Waals surface area contributed by atoms with Crippen LogP contribution in [-0.2, 0) is 30.2 Å². The van der Waals surface area contributed by atoms with Crippen LogP contribution in [0.3, 0.4) is 0 Å². The van der Waals surface area contributed by atoms with Crippen LogP contribution in [0.4, 0.5) is 17.2 Å². The molecule has 1 fully saturated rings. The summed E-state index contributed by atoms with van der Waals surface area (Å²) in [6.07, 6.45) is 2.27. The summed E-state index contributed by atoms with van der Waals surface area (Å²) in [5.74, 6) is 6.20. The molecule has 244 valence electrons. The zero-order chi connectivity index (χ0) is 33.5. The van der Waals surface area contributed by atoms with Crippen LogP contribution in [0.2, 0.25) is 0 Å². The standard InChI is InChI=1S/C36H40N6O5/c1-36(2,3)25-10-13-27-24(20-25)14-15-41(34(27)45)31-7-5-6-28(29(31)22-43)30-21-39(4)35(46)32(38-30)42(37)26-11-8-23(9-12-26)33(44)40-16-18-47-19-17-40/h5-13,20-21,43H,14-19,22,37H2,1-4H3. The lowest BCUT2D eigenvalue weighted by Gasteiger charge is -2.32. The van der Waals surface area contributed by atoms with Crippen LogP contribution < -0.4 is 21.3 Å². The number of hydrazine groups is 1. The van der Waals surface area contributed by atoms with Crippen molar-refractivity contribution in [2.45, 2.75) is 39.2 Å². The van der Waals surface area contributed by atoms with Gasteiger partial charge in [0, 0.05) is 55.1 Å². The van der Waals surface area contributed by atoms with E-state index in [1.54, 1.807) is 53.4 Å². The fourth-order valence-electron chi connectivity index (χ4n) is 6.13. The molecule has 0 unspecified atom stereocenters. The Morgan fingerprint density at radius 2 is 1.72 bits per heavy atom. The van der Waals surface area contributed by atoms with Gasteiger partial charge in [0.25, 0.3) is 17.4 Å². The highest BCUT2D eigenvalue weighted by molar-refractivity contribution is 6.09. The molecule has 0 aliphatic carbocycles. The normalized spacial score (nSPS) is 15.1. The molecule has 2 aliphatic rings. The fourth-order valence-corrected chi connectivity index (χ4v) is 6.13. The van der Waals surface area contributed by atoms with Gasteiger partial charge < -0.3 is 24.2 Å². The molecule has 0 atom stereocenters. The van der Waals surface area contributed by atoms with Crippen molar-refractivity contribution in [3.8, 4) is 11.3 Å². The monoisotopic (exact) mass is 636 g/mol. The number of carbonyl (C=O) groups excluding carboxylic acids is 2. The molecule has 11 heteroatoms. The lowest BCUT2D eigenvalue weighted by atomic mass is 9.84. The Bertz CT molecular complexity index is 1890. The predicted octanol–water partition coefficient (Wildman–Crippen LogP) is 3.92. The van der Waals surface area contributed by atoms with Crippen LogP contribution in [0.25, 0.3) is 11.3 Å². The van der Waals surface area contributed by atoms with Crippen molar-refractivity contribution in [3.63, 3.8) is 0 Å². The number of morpholine rings is 1. The number of carbonyl (C=O) groups is 2. The molecule has 0 spiro atoms. The molecule has 3 N–H and O–H groups in total. The van der Waals surface area contributed by atoms with E-state index in [0.29, 0.717) is 78.6 Å². The molecular formula is C36H40N6O5. The minimum atomic E-state index is -0.427. The van der Waals surface area contributed by atoms with Crippen LogP contribution in [0.1, 0.15) is 58.2 Å². The Hall–Kier alpha value is -4.84. The highest BCUT2D eigenvalue weighted by atomic mass is 16.5. The first-order valence-electron chi connectivity index (χ1n) is 15.8. The van der Waals surface area contributed by atoms with Crippen molar-refractivity contribution in [2.75, 3.05) is 42.8 Å². The zero-order valence-electron chi connectivity index (χ0n) is 27.2. The van der Waals surface area contributed by atoms with E-state index in [9.17, 15) is 19.5 Å². The topological polar surface area (TPSA) is 134 Å². The van der Waals surface area contributed by atoms with Gasteiger partial charge in [-0.05, 0) is 59.4 Å². The second-order valence-electron chi connectivity index (χ2n) is 13.0. The van der Waals surface area contributed by atoms with Gasteiger partial charge in [-0.25, -0.2) is 10.8 Å². The quantitative estimate of drug-likeness (QED) is 0.240. The summed E-state index contributed by atoms with van der Waals surface area (Å²) in [7, 11) is 1.61. The molecule has 47 heavy (non-hydrogen) atoms. The van der Waals surface area contributed by atoms with Crippen molar-refractivity contribution in [1.82, 2.24) is 14.5 Å². The summed E-state index contributed by atoms with van der Waals surface area (Å²) in [5, 5.41) is 11.8. The Labute approximate surface area is 273 Å². The Morgan fingerprint density at radius 3 is 2.40 bits per heavy atom. The molecule has 6 rings (SSSR count). The third kappa shape index (κ3) is 6.17. The largest absolute Gasteiger partial charge is 0.392 e. The molecule has 0 saturated carbocycles. The van der Waals surface area contributed by atoms with Crippen molar-refractivity contribution < 1.29 is 19.4 Å². The highest BCUT2D eigenvalue weighted by Crippen LogP contribution is 2.35. The van der Waals surface area contributed by atoms with E-state index in [-0.39, 0.29) is 29.7 Å². The van der Waals surface area contributed by atoms with Gasteiger partial charge in [-0.2, -0.15) is 0 Å². The Morgan fingerprint density at radius 1 is 1.00 bits per heavy atom. The van der Waals surface area contributed by atoms with Crippen molar-refractivity contribution in [1.29, 1.82) is 0 Å². The number of aromatic nitrogens is 2. The van der Waals surface area contributed by atoms with E-state index in [0.717, 1.165) is 5.56 Å². The van der Waals surface area contributed by atoms with Gasteiger partial charge in [0.2, 0.25) is 5.82 Å². The van der Waals surface area contributed by atoms with Gasteiger partial charge in [-0.15, -0.1) is 0 Å². The lowest BCUT2D eigenvalue weighted by molar-refractivity contribution is 0.0303. The maximum Gasteiger partial charge on any atom is 0.295 e. The smallest absolute Gasteiger partial charge is 0.295 e. The SMILES string of the molecule is Cn1cc(-c2cccc(N3CCc4cc(C(C)(C)C)ccc4C3=O)c2CO)nc(N(N)c2ccc(C(=O)N3CCOCC3)cc2)c1=O. The van der Waals surface area contributed by atoms with Crippen LogP contribution in [0.15, 0.2) is 71.7 Å². The van der Waals surface area contributed by atoms with Crippen molar-refractivity contribution in [2.24, 2.45) is 12.9 Å². The minimum absolute atomic E-state index is 0.0279. The molecule has 1 saturated heterocycles. The summed E-state index contributed by atoms with van der Waals surface area (Å²) in [5.41, 5.74) is 5.45. The Kier molecular flexibility index (Phi) is 8.71. The molecule has 3 aromatic carbocycles. The number of ether oxygens (including phenoxy) is 1. The van der Waals surface area contributed by atoms with Crippen LogP contribution >= 0.6 is 0 Å². The van der Waals surface area contributed by atoms with Gasteiger partial charge in [-0.1, -0.05) is 45.0 Å². The average molecular weight is 637 g/mol. The summed E-state index contributed by atoms with van der Waals surface area (Å²) in [6.45, 7) is 8.64. The van der Waals surface area contributed by atoms with E-state index >= 15 is 0 Å². The van der Waals surface area contributed by atoms with Crippen LogP contribution in [-0.4, -0.2) is 64.2 Å². The zero-order valence-corrected chi connectivity index (χ0v) is 27.2. The predicted molar refractivity (Wildman–Crippen MR) is 181 cm³/mol. The number of amides is 2. The minimum Gasteiger partial charge on any atom is -0.392 e. The Balaban J connectivity index is 1.31. The van der Waals surface area contributed by atoms with E-state index in [1.165, 1.54) is 15.1 Å². The third-order valence-electron chi connectivity index (χ3n) is 8.90. The molecule has 2 aliphatic heterocycles.